The molecular formula is C12H14N2O2S2. The summed E-state index contributed by atoms with van der Waals surface area (Å²) in [6, 6.07) is 8.36. The number of nitrogens with one attached hydrogen (secondary N) is 1. The van der Waals surface area contributed by atoms with Gasteiger partial charge in [0.1, 0.15) is 0 Å². The topological polar surface area (TPSA) is 59.1 Å². The molecule has 18 heavy (non-hydrogen) atoms. The number of hydrogen-bond acceptors (Lipinski definition) is 4. The summed E-state index contributed by atoms with van der Waals surface area (Å²) in [4.78, 5) is 4.58. The third kappa shape index (κ3) is 3.38. The number of nitrogens with zero attached hydrogens (tertiary/aromatic N) is 1. The molecule has 4 nitrogen and oxygen atoms in total. The molecule has 1 heterocycles. The lowest BCUT2D eigenvalue weighted by Gasteiger charge is -2.05. The van der Waals surface area contributed by atoms with E-state index in [1.165, 1.54) is 0 Å². The Morgan fingerprint density at radius 1 is 1.28 bits per heavy atom. The van der Waals surface area contributed by atoms with Crippen molar-refractivity contribution in [2.45, 2.75) is 18.2 Å². The largest absolute Gasteiger partial charge is 0.247 e. The predicted octanol–water partition coefficient (Wildman–Crippen LogP) is 1.97. The highest BCUT2D eigenvalue weighted by Gasteiger charge is 2.12. The van der Waals surface area contributed by atoms with Gasteiger partial charge < -0.3 is 0 Å². The highest BCUT2D eigenvalue weighted by atomic mass is 32.2. The van der Waals surface area contributed by atoms with Gasteiger partial charge in [0, 0.05) is 24.0 Å². The van der Waals surface area contributed by atoms with E-state index in [9.17, 15) is 8.42 Å². The van der Waals surface area contributed by atoms with E-state index in [1.807, 2.05) is 12.3 Å². The number of benzene rings is 1. The van der Waals surface area contributed by atoms with Crippen LogP contribution >= 0.6 is 11.3 Å². The van der Waals surface area contributed by atoms with Crippen LogP contribution in [0.3, 0.4) is 0 Å². The molecule has 0 saturated carbocycles. The molecule has 0 aliphatic rings. The van der Waals surface area contributed by atoms with Crippen LogP contribution in [0.15, 0.2) is 40.6 Å². The highest BCUT2D eigenvalue weighted by molar-refractivity contribution is 7.89. The second-order valence-corrected chi connectivity index (χ2v) is 6.55. The van der Waals surface area contributed by atoms with Gasteiger partial charge in [-0.05, 0) is 19.1 Å². The lowest BCUT2D eigenvalue weighted by Crippen LogP contribution is -2.25. The summed E-state index contributed by atoms with van der Waals surface area (Å²) in [5, 5.41) is 2.91. The maximum absolute atomic E-state index is 11.9. The molecule has 0 amide bonds. The monoisotopic (exact) mass is 282 g/mol. The lowest BCUT2D eigenvalue weighted by atomic mass is 10.4. The molecule has 0 atom stereocenters. The smallest absolute Gasteiger partial charge is 0.240 e. The van der Waals surface area contributed by atoms with E-state index >= 15 is 0 Å². The first-order valence-corrected chi connectivity index (χ1v) is 7.90. The fourth-order valence-corrected chi connectivity index (χ4v) is 3.32. The lowest BCUT2D eigenvalue weighted by molar-refractivity contribution is 0.581. The van der Waals surface area contributed by atoms with Gasteiger partial charge in [-0.15, -0.1) is 11.3 Å². The minimum atomic E-state index is -3.40. The fourth-order valence-electron chi connectivity index (χ4n) is 1.49. The average Bonchev–Trinajstić information content (AvgIpc) is 2.76. The van der Waals surface area contributed by atoms with E-state index in [2.05, 4.69) is 9.71 Å². The van der Waals surface area contributed by atoms with Gasteiger partial charge in [-0.2, -0.15) is 0 Å². The molecule has 96 valence electrons. The SMILES string of the molecule is Cc1csc(CCNS(=O)(=O)c2ccccc2)n1. The van der Waals surface area contributed by atoms with E-state index < -0.39 is 10.0 Å². The van der Waals surface area contributed by atoms with Gasteiger partial charge in [-0.3, -0.25) is 0 Å². The Kier molecular flexibility index (Phi) is 4.11. The zero-order chi connectivity index (χ0) is 13.0. The molecule has 0 spiro atoms. The molecule has 6 heteroatoms. The van der Waals surface area contributed by atoms with Gasteiger partial charge in [-0.1, -0.05) is 18.2 Å². The van der Waals surface area contributed by atoms with Gasteiger partial charge in [-0.25, -0.2) is 18.1 Å². The summed E-state index contributed by atoms with van der Waals surface area (Å²) in [5.74, 6) is 0. The Hall–Kier alpha value is -1.24. The maximum Gasteiger partial charge on any atom is 0.240 e. The van der Waals surface area contributed by atoms with Crippen molar-refractivity contribution in [3.63, 3.8) is 0 Å². The van der Waals surface area contributed by atoms with Crippen LogP contribution < -0.4 is 4.72 Å². The van der Waals surface area contributed by atoms with Crippen molar-refractivity contribution in [2.24, 2.45) is 0 Å². The molecule has 2 rings (SSSR count). The molecule has 0 fully saturated rings. The Bertz CT molecular complexity index is 606. The molecule has 0 bridgehead atoms. The maximum atomic E-state index is 11.9. The molecule has 0 unspecified atom stereocenters. The van der Waals surface area contributed by atoms with E-state index in [0.717, 1.165) is 10.7 Å². The van der Waals surface area contributed by atoms with Crippen LogP contribution in [-0.4, -0.2) is 19.9 Å². The number of sulfonamides is 1. The van der Waals surface area contributed by atoms with Crippen LogP contribution in [0, 0.1) is 6.92 Å². The average molecular weight is 282 g/mol. The van der Waals surface area contributed by atoms with Gasteiger partial charge in [0.15, 0.2) is 0 Å². The van der Waals surface area contributed by atoms with Crippen LogP contribution in [0.2, 0.25) is 0 Å². The van der Waals surface area contributed by atoms with Crippen LogP contribution in [0.5, 0.6) is 0 Å². The zero-order valence-electron chi connectivity index (χ0n) is 9.96. The Balaban J connectivity index is 1.94. The summed E-state index contributed by atoms with van der Waals surface area (Å²) in [7, 11) is -3.40. The van der Waals surface area contributed by atoms with Crippen LogP contribution in [0.4, 0.5) is 0 Å². The fraction of sp³-hybridized carbons (Fsp3) is 0.250. The van der Waals surface area contributed by atoms with E-state index in [0.29, 0.717) is 17.9 Å². The van der Waals surface area contributed by atoms with Crippen molar-refractivity contribution in [1.29, 1.82) is 0 Å². The molecule has 0 aliphatic heterocycles. The van der Waals surface area contributed by atoms with Gasteiger partial charge >= 0.3 is 0 Å². The minimum absolute atomic E-state index is 0.292. The van der Waals surface area contributed by atoms with Crippen molar-refractivity contribution < 1.29 is 8.42 Å². The summed E-state index contributed by atoms with van der Waals surface area (Å²) >= 11 is 1.55. The number of aromatic nitrogens is 1. The molecule has 0 radical (unpaired) electrons. The predicted molar refractivity (Wildman–Crippen MR) is 72.2 cm³/mol. The molecule has 0 saturated heterocycles. The van der Waals surface area contributed by atoms with Crippen molar-refractivity contribution in [3.8, 4) is 0 Å². The first-order valence-electron chi connectivity index (χ1n) is 5.54. The Labute approximate surface area is 111 Å². The standard InChI is InChI=1S/C12H14N2O2S2/c1-10-9-17-12(14-10)7-8-13-18(15,16)11-5-3-2-4-6-11/h2-6,9,13H,7-8H2,1H3. The molecule has 0 aliphatic carbocycles. The highest BCUT2D eigenvalue weighted by Crippen LogP contribution is 2.10. The van der Waals surface area contributed by atoms with E-state index in [4.69, 9.17) is 0 Å². The van der Waals surface area contributed by atoms with Gasteiger partial charge in [0.25, 0.3) is 0 Å². The zero-order valence-corrected chi connectivity index (χ0v) is 11.6. The summed E-state index contributed by atoms with van der Waals surface area (Å²) in [5.41, 5.74) is 0.973. The summed E-state index contributed by atoms with van der Waals surface area (Å²) < 4.78 is 26.4. The summed E-state index contributed by atoms with van der Waals surface area (Å²) in [6.07, 6.45) is 0.616. The molecule has 1 aromatic carbocycles. The normalized spacial score (nSPS) is 11.6. The summed E-state index contributed by atoms with van der Waals surface area (Å²) in [6.45, 7) is 2.29. The Morgan fingerprint density at radius 2 is 2.00 bits per heavy atom. The molecule has 1 aromatic heterocycles. The third-order valence-corrected chi connectivity index (χ3v) is 4.85. The van der Waals surface area contributed by atoms with Gasteiger partial charge in [0.05, 0.1) is 9.90 Å². The second-order valence-electron chi connectivity index (χ2n) is 3.84. The van der Waals surface area contributed by atoms with E-state index in [1.54, 1.807) is 41.7 Å². The number of hydrogen-bond donors (Lipinski definition) is 1. The number of thiazole rings is 1. The molecular weight excluding hydrogens is 268 g/mol. The second kappa shape index (κ2) is 5.60. The van der Waals surface area contributed by atoms with Gasteiger partial charge in [0.2, 0.25) is 10.0 Å². The van der Waals surface area contributed by atoms with Crippen molar-refractivity contribution in [1.82, 2.24) is 9.71 Å². The van der Waals surface area contributed by atoms with Crippen molar-refractivity contribution in [3.05, 3.63) is 46.4 Å². The first-order chi connectivity index (χ1) is 8.58. The van der Waals surface area contributed by atoms with Crippen LogP contribution in [0.25, 0.3) is 0 Å². The van der Waals surface area contributed by atoms with E-state index in [-0.39, 0.29) is 0 Å². The quantitative estimate of drug-likeness (QED) is 0.912. The number of rotatable bonds is 5. The molecule has 1 N–H and O–H groups in total. The first kappa shape index (κ1) is 13.2. The molecule has 2 aromatic rings. The van der Waals surface area contributed by atoms with Crippen LogP contribution in [0.1, 0.15) is 10.7 Å². The number of aryl methyl sites for hydroxylation is 1. The van der Waals surface area contributed by atoms with Crippen LogP contribution in [-0.2, 0) is 16.4 Å². The Morgan fingerprint density at radius 3 is 2.61 bits per heavy atom. The van der Waals surface area contributed by atoms with Crippen molar-refractivity contribution >= 4 is 21.4 Å². The van der Waals surface area contributed by atoms with Crippen molar-refractivity contribution in [2.75, 3.05) is 6.54 Å². The minimum Gasteiger partial charge on any atom is -0.247 e. The third-order valence-electron chi connectivity index (χ3n) is 2.35.